The summed E-state index contributed by atoms with van der Waals surface area (Å²) in [6.45, 7) is 18.0. The van der Waals surface area contributed by atoms with Crippen LogP contribution in [0.3, 0.4) is 0 Å². The van der Waals surface area contributed by atoms with E-state index in [1.165, 1.54) is 44.5 Å². The van der Waals surface area contributed by atoms with Crippen LogP contribution in [0.1, 0.15) is 73.9 Å². The summed E-state index contributed by atoms with van der Waals surface area (Å²) >= 11 is 0. The molecule has 1 aliphatic rings. The first-order chi connectivity index (χ1) is 25.3. The molecule has 0 heterocycles. The van der Waals surface area contributed by atoms with Gasteiger partial charge in [-0.3, -0.25) is 0 Å². The van der Waals surface area contributed by atoms with E-state index >= 15 is 0 Å². The quantitative estimate of drug-likeness (QED) is 0.115. The summed E-state index contributed by atoms with van der Waals surface area (Å²) in [5.41, 5.74) is 15.7. The summed E-state index contributed by atoms with van der Waals surface area (Å²) in [6, 6.07) is 45.7. The molecule has 0 spiro atoms. The zero-order valence-electron chi connectivity index (χ0n) is 31.1. The molecule has 52 heavy (non-hydrogen) atoms. The largest absolute Gasteiger partial charge is 0.378 e. The Hall–Kier alpha value is -5.66. The van der Waals surface area contributed by atoms with Gasteiger partial charge in [-0.25, -0.2) is 0 Å². The lowest BCUT2D eigenvalue weighted by atomic mass is 9.78. The fourth-order valence-electron chi connectivity index (χ4n) is 7.28. The number of hydrogen-bond acceptors (Lipinski definition) is 1. The average molecular weight is 678 g/mol. The molecule has 5 aromatic carbocycles. The smallest absolute Gasteiger partial charge is 0.0491 e. The molecular weight excluding hydrogens is 627 g/mol. The molecule has 3 atom stereocenters. The molecule has 0 aromatic heterocycles. The maximum atomic E-state index is 4.50. The van der Waals surface area contributed by atoms with Crippen LogP contribution in [0.25, 0.3) is 33.5 Å². The molecule has 1 aliphatic carbocycles. The van der Waals surface area contributed by atoms with Gasteiger partial charge in [-0.15, -0.1) is 0 Å². The van der Waals surface area contributed by atoms with E-state index in [4.69, 9.17) is 0 Å². The van der Waals surface area contributed by atoms with Crippen LogP contribution < -0.4 is 5.32 Å². The average Bonchev–Trinajstić information content (AvgIpc) is 3.19. The lowest BCUT2D eigenvalue weighted by Crippen LogP contribution is -2.18. The molecule has 0 aliphatic heterocycles. The van der Waals surface area contributed by atoms with Crippen molar-refractivity contribution in [1.82, 2.24) is 5.32 Å². The third-order valence-electron chi connectivity index (χ3n) is 10.4. The molecule has 0 radical (unpaired) electrons. The normalized spacial score (nSPS) is 18.2. The molecule has 0 fully saturated rings. The molecule has 6 rings (SSSR count). The van der Waals surface area contributed by atoms with Crippen molar-refractivity contribution < 1.29 is 0 Å². The van der Waals surface area contributed by atoms with Gasteiger partial charge in [0.15, 0.2) is 0 Å². The summed E-state index contributed by atoms with van der Waals surface area (Å²) in [4.78, 5) is 0. The molecule has 0 bridgehead atoms. The van der Waals surface area contributed by atoms with Crippen LogP contribution in [0.2, 0.25) is 0 Å². The van der Waals surface area contributed by atoms with E-state index in [9.17, 15) is 0 Å². The molecule has 3 unspecified atom stereocenters. The fraction of sp³-hybridized carbons (Fsp3) is 0.176. The number of benzene rings is 5. The van der Waals surface area contributed by atoms with Crippen molar-refractivity contribution in [3.8, 4) is 22.3 Å². The summed E-state index contributed by atoms with van der Waals surface area (Å²) in [5.74, 6) is 0.557. The lowest BCUT2D eigenvalue weighted by Gasteiger charge is -2.26. The minimum atomic E-state index is 0.0199. The van der Waals surface area contributed by atoms with Gasteiger partial charge in [0.25, 0.3) is 0 Å². The van der Waals surface area contributed by atoms with Crippen molar-refractivity contribution in [3.05, 3.63) is 216 Å². The van der Waals surface area contributed by atoms with Gasteiger partial charge in [0.2, 0.25) is 0 Å². The zero-order chi connectivity index (χ0) is 36.5. The summed E-state index contributed by atoms with van der Waals surface area (Å²) in [5, 5.41) is 3.89. The molecule has 1 heteroatoms. The highest BCUT2D eigenvalue weighted by atomic mass is 14.9. The number of hydrogen-bond donors (Lipinski definition) is 1. The van der Waals surface area contributed by atoms with Crippen molar-refractivity contribution in [2.45, 2.75) is 52.5 Å². The first-order valence-electron chi connectivity index (χ1n) is 18.6. The maximum Gasteiger partial charge on any atom is 0.0491 e. The predicted octanol–water partition coefficient (Wildman–Crippen LogP) is 13.7. The van der Waals surface area contributed by atoms with Crippen LogP contribution >= 0.6 is 0 Å². The summed E-state index contributed by atoms with van der Waals surface area (Å²) < 4.78 is 0. The van der Waals surface area contributed by atoms with Gasteiger partial charge < -0.3 is 5.32 Å². The third-order valence-corrected chi connectivity index (χ3v) is 10.4. The Morgan fingerprint density at radius 2 is 1.42 bits per heavy atom. The van der Waals surface area contributed by atoms with E-state index in [0.717, 1.165) is 40.8 Å². The van der Waals surface area contributed by atoms with Crippen LogP contribution in [-0.4, -0.2) is 0 Å². The molecular formula is C51H51N. The lowest BCUT2D eigenvalue weighted by molar-refractivity contribution is 0.618. The SMILES string of the molecule is C=C(/C=C(\NC(C)c1ccccc1-c1ccccc1-c1ccc2c(c1)C/C=C\C=C/C(=C)C(/C=C(/C)CC)C2C)c1ccccc1)c1ccccc1. The Balaban J connectivity index is 1.38. The second kappa shape index (κ2) is 17.0. The van der Waals surface area contributed by atoms with Crippen LogP contribution in [0.4, 0.5) is 0 Å². The monoisotopic (exact) mass is 677 g/mol. The van der Waals surface area contributed by atoms with Crippen LogP contribution in [0.15, 0.2) is 188 Å². The summed E-state index contributed by atoms with van der Waals surface area (Å²) in [6.07, 6.45) is 15.3. The van der Waals surface area contributed by atoms with Crippen molar-refractivity contribution in [2.75, 3.05) is 0 Å². The van der Waals surface area contributed by atoms with Crippen molar-refractivity contribution in [2.24, 2.45) is 5.92 Å². The fourth-order valence-corrected chi connectivity index (χ4v) is 7.28. The third kappa shape index (κ3) is 8.44. The Bertz CT molecular complexity index is 2140. The second-order valence-corrected chi connectivity index (χ2v) is 14.0. The minimum absolute atomic E-state index is 0.0199. The highest BCUT2D eigenvalue weighted by Gasteiger charge is 2.23. The Labute approximate surface area is 312 Å². The predicted molar refractivity (Wildman–Crippen MR) is 226 cm³/mol. The van der Waals surface area contributed by atoms with Crippen molar-refractivity contribution in [3.63, 3.8) is 0 Å². The molecule has 5 aromatic rings. The van der Waals surface area contributed by atoms with E-state index < -0.39 is 0 Å². The minimum Gasteiger partial charge on any atom is -0.378 e. The summed E-state index contributed by atoms with van der Waals surface area (Å²) in [7, 11) is 0. The van der Waals surface area contributed by atoms with Crippen molar-refractivity contribution in [1.29, 1.82) is 0 Å². The van der Waals surface area contributed by atoms with Gasteiger partial charge in [-0.2, -0.15) is 0 Å². The van der Waals surface area contributed by atoms with Crippen LogP contribution in [0, 0.1) is 5.92 Å². The molecule has 260 valence electrons. The van der Waals surface area contributed by atoms with Gasteiger partial charge in [0.05, 0.1) is 0 Å². The first-order valence-corrected chi connectivity index (χ1v) is 18.6. The Morgan fingerprint density at radius 3 is 2.13 bits per heavy atom. The molecule has 1 N–H and O–H groups in total. The Morgan fingerprint density at radius 1 is 0.788 bits per heavy atom. The van der Waals surface area contributed by atoms with E-state index in [-0.39, 0.29) is 12.0 Å². The molecule has 0 amide bonds. The van der Waals surface area contributed by atoms with Crippen LogP contribution in [0.5, 0.6) is 0 Å². The first kappa shape index (κ1) is 36.1. The molecule has 0 saturated heterocycles. The van der Waals surface area contributed by atoms with E-state index in [0.29, 0.717) is 5.92 Å². The Kier molecular flexibility index (Phi) is 11.8. The number of allylic oxidation sites excluding steroid dienone is 9. The maximum absolute atomic E-state index is 4.50. The highest BCUT2D eigenvalue weighted by Crippen LogP contribution is 2.40. The van der Waals surface area contributed by atoms with Gasteiger partial charge in [-0.05, 0) is 99.9 Å². The van der Waals surface area contributed by atoms with Gasteiger partial charge in [0, 0.05) is 17.7 Å². The highest BCUT2D eigenvalue weighted by molar-refractivity contribution is 5.86. The standard InChI is InChI=1S/C51H51N/c1-7-36(2)33-50-37(3)21-11-8-16-26-43-35-44(31-32-45(43)39(50)5)47-28-18-20-30-49(47)48-29-19-17-27-46(48)40(6)52-51(42-24-14-10-15-25-42)34-38(4)41-22-12-9-13-23-41/h8-25,27-35,39-40,50,52H,3-4,7,26H2,1-2,5-6H3/b16-8-,21-11-,36-33-,51-34-. The van der Waals surface area contributed by atoms with Crippen molar-refractivity contribution >= 4 is 11.3 Å². The number of fused-ring (bicyclic) bond motifs is 1. The van der Waals surface area contributed by atoms with Gasteiger partial charge >= 0.3 is 0 Å². The van der Waals surface area contributed by atoms with Gasteiger partial charge in [-0.1, -0.05) is 190 Å². The van der Waals surface area contributed by atoms with Crippen LogP contribution in [-0.2, 0) is 6.42 Å². The van der Waals surface area contributed by atoms with E-state index in [2.05, 4.69) is 204 Å². The number of rotatable bonds is 10. The topological polar surface area (TPSA) is 12.0 Å². The van der Waals surface area contributed by atoms with Gasteiger partial charge in [0.1, 0.15) is 0 Å². The van der Waals surface area contributed by atoms with E-state index in [1.807, 2.05) is 6.07 Å². The second-order valence-electron chi connectivity index (χ2n) is 14.0. The molecule has 1 nitrogen and oxygen atoms in total. The van der Waals surface area contributed by atoms with E-state index in [1.54, 1.807) is 0 Å². The zero-order valence-corrected chi connectivity index (χ0v) is 31.1. The number of nitrogens with one attached hydrogen (secondary N) is 1. The molecule has 0 saturated carbocycles.